The number of para-hydroxylation sites is 3. The molecule has 1 N–H and O–H groups in total. The molecule has 0 spiro atoms. The number of nitrogens with zero attached hydrogens (tertiary/aromatic N) is 3. The van der Waals surface area contributed by atoms with Gasteiger partial charge in [-0.05, 0) is 30.7 Å². The molecule has 1 fully saturated rings. The molecule has 3 aromatic rings. The Bertz CT molecular complexity index is 999. The summed E-state index contributed by atoms with van der Waals surface area (Å²) in [5.74, 6) is -0.0405. The number of carbonyl (C=O) groups is 2. The van der Waals surface area contributed by atoms with Crippen LogP contribution in [0, 0.1) is 5.92 Å². The van der Waals surface area contributed by atoms with E-state index >= 15 is 0 Å². The van der Waals surface area contributed by atoms with Crippen LogP contribution in [0.2, 0.25) is 0 Å². The van der Waals surface area contributed by atoms with E-state index in [4.69, 9.17) is 9.84 Å². The van der Waals surface area contributed by atoms with Crippen molar-refractivity contribution < 1.29 is 19.4 Å². The summed E-state index contributed by atoms with van der Waals surface area (Å²) in [6.07, 6.45) is 0.496. The topological polar surface area (TPSA) is 84.7 Å². The second-order valence-corrected chi connectivity index (χ2v) is 6.87. The number of hydrogen-bond donors (Lipinski definition) is 1. The summed E-state index contributed by atoms with van der Waals surface area (Å²) in [5, 5.41) is 9.16. The summed E-state index contributed by atoms with van der Waals surface area (Å²) in [7, 11) is 0. The first-order valence-corrected chi connectivity index (χ1v) is 9.24. The van der Waals surface area contributed by atoms with Crippen LogP contribution in [0.5, 0.6) is 5.75 Å². The van der Waals surface area contributed by atoms with E-state index in [2.05, 4.69) is 4.98 Å². The van der Waals surface area contributed by atoms with Crippen molar-refractivity contribution >= 4 is 22.9 Å². The molecule has 7 heteroatoms. The van der Waals surface area contributed by atoms with Crippen molar-refractivity contribution in [3.8, 4) is 5.75 Å². The molecule has 0 radical (unpaired) electrons. The third-order valence-corrected chi connectivity index (χ3v) is 5.03. The van der Waals surface area contributed by atoms with Crippen molar-refractivity contribution in [2.45, 2.75) is 19.6 Å². The predicted molar refractivity (Wildman–Crippen MR) is 103 cm³/mol. The maximum absolute atomic E-state index is 12.8. The van der Waals surface area contributed by atoms with E-state index in [0.717, 1.165) is 16.8 Å². The standard InChI is InChI=1S/C21H21N3O4/c25-20(23-11-10-15(12-23)21(26)27)13-24-18-9-5-4-8-17(18)22-19(24)14-28-16-6-2-1-3-7-16/h1-9,15H,10-14H2,(H,26,27)/t15-/m1/s1. The van der Waals surface area contributed by atoms with Gasteiger partial charge in [0, 0.05) is 13.1 Å². The Morgan fingerprint density at radius 3 is 2.61 bits per heavy atom. The van der Waals surface area contributed by atoms with Crippen molar-refractivity contribution in [1.29, 1.82) is 0 Å². The minimum atomic E-state index is -0.847. The largest absolute Gasteiger partial charge is 0.486 e. The van der Waals surface area contributed by atoms with Gasteiger partial charge in [-0.3, -0.25) is 9.59 Å². The third-order valence-electron chi connectivity index (χ3n) is 5.03. The van der Waals surface area contributed by atoms with Gasteiger partial charge in [-0.2, -0.15) is 0 Å². The highest BCUT2D eigenvalue weighted by atomic mass is 16.5. The minimum Gasteiger partial charge on any atom is -0.486 e. The predicted octanol–water partition coefficient (Wildman–Crippen LogP) is 2.55. The lowest BCUT2D eigenvalue weighted by Crippen LogP contribution is -2.33. The van der Waals surface area contributed by atoms with E-state index in [9.17, 15) is 9.59 Å². The van der Waals surface area contributed by atoms with Gasteiger partial charge in [0.15, 0.2) is 0 Å². The first-order valence-electron chi connectivity index (χ1n) is 9.24. The SMILES string of the molecule is O=C(O)[C@@H]1CCN(C(=O)Cn2c(COc3ccccc3)nc3ccccc32)C1. The zero-order valence-corrected chi connectivity index (χ0v) is 15.3. The van der Waals surface area contributed by atoms with Crippen molar-refractivity contribution in [3.05, 3.63) is 60.4 Å². The van der Waals surface area contributed by atoms with Crippen LogP contribution in [0.1, 0.15) is 12.2 Å². The Hall–Kier alpha value is -3.35. The number of aromatic nitrogens is 2. The normalized spacial score (nSPS) is 16.4. The van der Waals surface area contributed by atoms with Gasteiger partial charge >= 0.3 is 5.97 Å². The van der Waals surface area contributed by atoms with E-state index < -0.39 is 11.9 Å². The van der Waals surface area contributed by atoms with Crippen LogP contribution in [0.25, 0.3) is 11.0 Å². The molecule has 144 valence electrons. The Balaban J connectivity index is 1.55. The van der Waals surface area contributed by atoms with Crippen LogP contribution in [-0.2, 0) is 22.7 Å². The number of rotatable bonds is 6. The van der Waals surface area contributed by atoms with Crippen LogP contribution < -0.4 is 4.74 Å². The molecule has 1 aliphatic rings. The first-order chi connectivity index (χ1) is 13.6. The Morgan fingerprint density at radius 1 is 1.11 bits per heavy atom. The molecule has 0 aliphatic carbocycles. The molecule has 1 aliphatic heterocycles. The second-order valence-electron chi connectivity index (χ2n) is 6.87. The highest BCUT2D eigenvalue weighted by Crippen LogP contribution is 2.21. The van der Waals surface area contributed by atoms with Gasteiger partial charge in [-0.25, -0.2) is 4.98 Å². The fourth-order valence-electron chi connectivity index (χ4n) is 3.50. The quantitative estimate of drug-likeness (QED) is 0.711. The van der Waals surface area contributed by atoms with Crippen molar-refractivity contribution in [2.24, 2.45) is 5.92 Å². The number of likely N-dealkylation sites (tertiary alicyclic amines) is 1. The Labute approximate surface area is 162 Å². The number of imidazole rings is 1. The first kappa shape index (κ1) is 18.0. The van der Waals surface area contributed by atoms with Gasteiger partial charge < -0.3 is 19.3 Å². The van der Waals surface area contributed by atoms with Crippen molar-refractivity contribution in [1.82, 2.24) is 14.5 Å². The molecule has 28 heavy (non-hydrogen) atoms. The Kier molecular flexibility index (Phi) is 4.97. The molecule has 0 saturated carbocycles. The van der Waals surface area contributed by atoms with Gasteiger partial charge in [-0.1, -0.05) is 30.3 Å². The van der Waals surface area contributed by atoms with Gasteiger partial charge in [-0.15, -0.1) is 0 Å². The summed E-state index contributed by atoms with van der Waals surface area (Å²) < 4.78 is 7.69. The number of ether oxygens (including phenoxy) is 1. The van der Waals surface area contributed by atoms with Crippen molar-refractivity contribution in [2.75, 3.05) is 13.1 Å². The molecule has 0 bridgehead atoms. The monoisotopic (exact) mass is 379 g/mol. The van der Waals surface area contributed by atoms with Gasteiger partial charge in [0.25, 0.3) is 0 Å². The van der Waals surface area contributed by atoms with E-state index in [1.807, 2.05) is 59.2 Å². The number of carboxylic acid groups (broad SMARTS) is 1. The number of aliphatic carboxylic acids is 1. The van der Waals surface area contributed by atoms with Crippen LogP contribution in [-0.4, -0.2) is 44.5 Å². The van der Waals surface area contributed by atoms with E-state index in [1.165, 1.54) is 0 Å². The van der Waals surface area contributed by atoms with Crippen LogP contribution >= 0.6 is 0 Å². The zero-order valence-electron chi connectivity index (χ0n) is 15.3. The van der Waals surface area contributed by atoms with Crippen LogP contribution in [0.15, 0.2) is 54.6 Å². The summed E-state index contributed by atoms with van der Waals surface area (Å²) in [6.45, 7) is 1.08. The number of hydrogen-bond acceptors (Lipinski definition) is 4. The van der Waals surface area contributed by atoms with Gasteiger partial charge in [0.05, 0.1) is 17.0 Å². The molecule has 2 heterocycles. The summed E-state index contributed by atoms with van der Waals surface area (Å²) in [4.78, 5) is 30.2. The van der Waals surface area contributed by atoms with Gasteiger partial charge in [0.2, 0.25) is 5.91 Å². The van der Waals surface area contributed by atoms with E-state index in [0.29, 0.717) is 18.8 Å². The molecule has 1 atom stereocenters. The van der Waals surface area contributed by atoms with Crippen LogP contribution in [0.3, 0.4) is 0 Å². The molecular formula is C21H21N3O4. The van der Waals surface area contributed by atoms with Crippen LogP contribution in [0.4, 0.5) is 0 Å². The molecule has 4 rings (SSSR count). The average molecular weight is 379 g/mol. The fraction of sp³-hybridized carbons (Fsp3) is 0.286. The highest BCUT2D eigenvalue weighted by Gasteiger charge is 2.31. The second kappa shape index (κ2) is 7.72. The number of amides is 1. The zero-order chi connectivity index (χ0) is 19.5. The average Bonchev–Trinajstić information content (AvgIpc) is 3.33. The molecule has 7 nitrogen and oxygen atoms in total. The fourth-order valence-corrected chi connectivity index (χ4v) is 3.50. The summed E-state index contributed by atoms with van der Waals surface area (Å²) in [5.41, 5.74) is 1.66. The lowest BCUT2D eigenvalue weighted by Gasteiger charge is -2.17. The Morgan fingerprint density at radius 2 is 1.86 bits per heavy atom. The lowest BCUT2D eigenvalue weighted by molar-refractivity contribution is -0.141. The van der Waals surface area contributed by atoms with Crippen molar-refractivity contribution in [3.63, 3.8) is 0 Å². The number of benzene rings is 2. The molecule has 1 aromatic heterocycles. The summed E-state index contributed by atoms with van der Waals surface area (Å²) in [6, 6.07) is 17.1. The minimum absolute atomic E-state index is 0.104. The highest BCUT2D eigenvalue weighted by molar-refractivity contribution is 5.82. The number of fused-ring (bicyclic) bond motifs is 1. The molecule has 0 unspecified atom stereocenters. The maximum Gasteiger partial charge on any atom is 0.308 e. The van der Waals surface area contributed by atoms with E-state index in [1.54, 1.807) is 4.90 Å². The molecule has 1 saturated heterocycles. The number of carbonyl (C=O) groups excluding carboxylic acids is 1. The molecule has 1 amide bonds. The van der Waals surface area contributed by atoms with E-state index in [-0.39, 0.29) is 25.6 Å². The summed E-state index contributed by atoms with van der Waals surface area (Å²) >= 11 is 0. The smallest absolute Gasteiger partial charge is 0.308 e. The lowest BCUT2D eigenvalue weighted by atomic mass is 10.1. The third kappa shape index (κ3) is 3.69. The number of carboxylic acids is 1. The maximum atomic E-state index is 12.8. The molecular weight excluding hydrogens is 358 g/mol. The molecule has 2 aromatic carbocycles. The van der Waals surface area contributed by atoms with Gasteiger partial charge in [0.1, 0.15) is 24.7 Å².